The number of nitrogens with zero attached hydrogens (tertiary/aromatic N) is 1. The van der Waals surface area contributed by atoms with Crippen molar-refractivity contribution < 1.29 is 23.6 Å². The second-order valence-electron chi connectivity index (χ2n) is 5.85. The molecule has 6 nitrogen and oxygen atoms in total. The maximum Gasteiger partial charge on any atom is 0.289 e. The van der Waals surface area contributed by atoms with Gasteiger partial charge in [-0.05, 0) is 36.4 Å². The van der Waals surface area contributed by atoms with Crippen LogP contribution in [0.3, 0.4) is 0 Å². The molecule has 1 aromatic carbocycles. The van der Waals surface area contributed by atoms with Gasteiger partial charge in [-0.15, -0.1) is 0 Å². The van der Waals surface area contributed by atoms with Crippen molar-refractivity contribution in [2.75, 3.05) is 39.8 Å². The lowest BCUT2D eigenvalue weighted by atomic mass is 10.1. The molecule has 1 saturated heterocycles. The van der Waals surface area contributed by atoms with E-state index >= 15 is 0 Å². The van der Waals surface area contributed by atoms with E-state index in [1.165, 1.54) is 11.2 Å². The summed E-state index contributed by atoms with van der Waals surface area (Å²) in [6.45, 7) is 3.22. The fourth-order valence-corrected chi connectivity index (χ4v) is 2.86. The fourth-order valence-electron chi connectivity index (χ4n) is 2.86. The summed E-state index contributed by atoms with van der Waals surface area (Å²) in [5.74, 6) is 1.13. The summed E-state index contributed by atoms with van der Waals surface area (Å²) in [5.41, 5.74) is 0.692. The molecule has 0 bridgehead atoms. The normalized spacial score (nSPS) is 15.3. The first-order valence-corrected chi connectivity index (χ1v) is 8.01. The van der Waals surface area contributed by atoms with Gasteiger partial charge in [0.05, 0.1) is 39.6 Å². The molecular weight excluding hydrogens is 308 g/mol. The van der Waals surface area contributed by atoms with Gasteiger partial charge in [0.2, 0.25) is 5.78 Å². The Balaban J connectivity index is 1.51. The smallest absolute Gasteiger partial charge is 0.289 e. The van der Waals surface area contributed by atoms with Crippen LogP contribution in [-0.4, -0.2) is 56.4 Å². The number of carbonyl (C=O) groups is 2. The molecule has 1 aliphatic rings. The number of benzene rings is 1. The van der Waals surface area contributed by atoms with Crippen molar-refractivity contribution >= 4 is 11.7 Å². The molecule has 6 heteroatoms. The van der Waals surface area contributed by atoms with Gasteiger partial charge in [-0.2, -0.15) is 0 Å². The third kappa shape index (κ3) is 3.65. The zero-order valence-corrected chi connectivity index (χ0v) is 13.7. The Kier molecular flexibility index (Phi) is 4.96. The molecule has 0 spiro atoms. The number of hydrogen-bond donors (Lipinski definition) is 1. The molecule has 24 heavy (non-hydrogen) atoms. The molecule has 1 aliphatic heterocycles. The molecule has 2 aromatic rings. The molecule has 126 valence electrons. The van der Waals surface area contributed by atoms with Crippen LogP contribution in [0.15, 0.2) is 47.1 Å². The Bertz CT molecular complexity index is 686. The molecule has 0 aliphatic carbocycles. The van der Waals surface area contributed by atoms with Gasteiger partial charge in [0.15, 0.2) is 5.76 Å². The predicted molar refractivity (Wildman–Crippen MR) is 87.5 cm³/mol. The zero-order valence-electron chi connectivity index (χ0n) is 13.7. The first kappa shape index (κ1) is 16.3. The van der Waals surface area contributed by atoms with Crippen LogP contribution in [0.5, 0.6) is 5.75 Å². The molecular formula is C18H21N2O4+. The third-order valence-corrected chi connectivity index (χ3v) is 4.31. The van der Waals surface area contributed by atoms with E-state index in [1.54, 1.807) is 48.4 Å². The highest BCUT2D eigenvalue weighted by Crippen LogP contribution is 2.11. The number of piperazine rings is 1. The van der Waals surface area contributed by atoms with Gasteiger partial charge in [0, 0.05) is 5.56 Å². The minimum atomic E-state index is -0.0828. The molecule has 0 atom stereocenters. The van der Waals surface area contributed by atoms with Crippen molar-refractivity contribution in [1.29, 1.82) is 0 Å². The molecule has 2 heterocycles. The van der Waals surface area contributed by atoms with E-state index in [9.17, 15) is 9.59 Å². The summed E-state index contributed by atoms with van der Waals surface area (Å²) < 4.78 is 10.3. The monoisotopic (exact) mass is 329 g/mol. The highest BCUT2D eigenvalue weighted by molar-refractivity contribution is 5.97. The number of nitrogens with one attached hydrogen (secondary N) is 1. The van der Waals surface area contributed by atoms with Crippen molar-refractivity contribution in [1.82, 2.24) is 4.90 Å². The van der Waals surface area contributed by atoms with Crippen LogP contribution in [0, 0.1) is 0 Å². The molecule has 0 radical (unpaired) electrons. The lowest BCUT2D eigenvalue weighted by Crippen LogP contribution is -3.15. The Morgan fingerprint density at radius 2 is 1.88 bits per heavy atom. The van der Waals surface area contributed by atoms with Crippen LogP contribution in [0.1, 0.15) is 20.9 Å². The number of ketones is 1. The van der Waals surface area contributed by atoms with Gasteiger partial charge < -0.3 is 19.0 Å². The van der Waals surface area contributed by atoms with Gasteiger partial charge in [0.25, 0.3) is 5.91 Å². The standard InChI is InChI=1S/C18H20N2O4/c1-23-15-6-4-14(5-7-15)16(21)13-19-8-10-20(11-9-19)18(22)17-3-2-12-24-17/h2-7,12H,8-11,13H2,1H3/p+1. The van der Waals surface area contributed by atoms with Gasteiger partial charge >= 0.3 is 0 Å². The minimum absolute atomic E-state index is 0.0828. The highest BCUT2D eigenvalue weighted by Gasteiger charge is 2.27. The number of amides is 1. The Labute approximate surface area is 140 Å². The quantitative estimate of drug-likeness (QED) is 0.812. The van der Waals surface area contributed by atoms with Gasteiger partial charge in [0.1, 0.15) is 12.3 Å². The van der Waals surface area contributed by atoms with E-state index in [-0.39, 0.29) is 11.7 Å². The van der Waals surface area contributed by atoms with Crippen LogP contribution < -0.4 is 9.64 Å². The van der Waals surface area contributed by atoms with Gasteiger partial charge in [-0.3, -0.25) is 9.59 Å². The third-order valence-electron chi connectivity index (χ3n) is 4.31. The summed E-state index contributed by atoms with van der Waals surface area (Å²) in [4.78, 5) is 27.5. The predicted octanol–water partition coefficient (Wildman–Crippen LogP) is 0.512. The average Bonchev–Trinajstić information content (AvgIpc) is 3.16. The summed E-state index contributed by atoms with van der Waals surface area (Å²) in [7, 11) is 1.60. The van der Waals surface area contributed by atoms with Crippen LogP contribution in [-0.2, 0) is 0 Å². The van der Waals surface area contributed by atoms with E-state index in [4.69, 9.17) is 9.15 Å². The first-order valence-electron chi connectivity index (χ1n) is 8.01. The van der Waals surface area contributed by atoms with Crippen LogP contribution in [0.2, 0.25) is 0 Å². The van der Waals surface area contributed by atoms with Crippen LogP contribution >= 0.6 is 0 Å². The number of methoxy groups -OCH3 is 1. The van der Waals surface area contributed by atoms with E-state index in [2.05, 4.69) is 0 Å². The van der Waals surface area contributed by atoms with Crippen molar-refractivity contribution in [2.24, 2.45) is 0 Å². The van der Waals surface area contributed by atoms with E-state index in [0.29, 0.717) is 31.0 Å². The van der Waals surface area contributed by atoms with E-state index < -0.39 is 0 Å². The van der Waals surface area contributed by atoms with E-state index in [0.717, 1.165) is 18.8 Å². The molecule has 1 amide bonds. The number of hydrogen-bond acceptors (Lipinski definition) is 4. The summed E-state index contributed by atoms with van der Waals surface area (Å²) >= 11 is 0. The maximum atomic E-state index is 12.4. The second kappa shape index (κ2) is 7.31. The van der Waals surface area contributed by atoms with Gasteiger partial charge in [-0.25, -0.2) is 0 Å². The number of furan rings is 1. The topological polar surface area (TPSA) is 64.2 Å². The van der Waals surface area contributed by atoms with Crippen molar-refractivity contribution in [3.63, 3.8) is 0 Å². The van der Waals surface area contributed by atoms with Crippen LogP contribution in [0.25, 0.3) is 0 Å². The number of ether oxygens (including phenoxy) is 1. The Hall–Kier alpha value is -2.60. The minimum Gasteiger partial charge on any atom is -0.497 e. The number of rotatable bonds is 5. The van der Waals surface area contributed by atoms with Crippen molar-refractivity contribution in [2.45, 2.75) is 0 Å². The van der Waals surface area contributed by atoms with E-state index in [1.807, 2.05) is 0 Å². The second-order valence-corrected chi connectivity index (χ2v) is 5.85. The summed E-state index contributed by atoms with van der Waals surface area (Å²) in [6, 6.07) is 10.6. The summed E-state index contributed by atoms with van der Waals surface area (Å²) in [6.07, 6.45) is 1.50. The number of carbonyl (C=O) groups excluding carboxylic acids is 2. The molecule has 3 rings (SSSR count). The number of quaternary nitrogens is 1. The Morgan fingerprint density at radius 3 is 2.46 bits per heavy atom. The zero-order chi connectivity index (χ0) is 16.9. The highest BCUT2D eigenvalue weighted by atomic mass is 16.5. The Morgan fingerprint density at radius 1 is 1.17 bits per heavy atom. The number of Topliss-reactive ketones (excluding diaryl/α,β-unsaturated/α-hetero) is 1. The van der Waals surface area contributed by atoms with Crippen molar-refractivity contribution in [3.05, 3.63) is 54.0 Å². The average molecular weight is 329 g/mol. The van der Waals surface area contributed by atoms with Gasteiger partial charge in [-0.1, -0.05) is 0 Å². The van der Waals surface area contributed by atoms with Crippen LogP contribution in [0.4, 0.5) is 0 Å². The molecule has 1 fully saturated rings. The largest absolute Gasteiger partial charge is 0.497 e. The first-order chi connectivity index (χ1) is 11.7. The summed E-state index contributed by atoms with van der Waals surface area (Å²) in [5, 5.41) is 0. The fraction of sp³-hybridized carbons (Fsp3) is 0.333. The SMILES string of the molecule is COc1ccc(C(=O)C[NH+]2CCN(C(=O)c3ccco3)CC2)cc1. The maximum absolute atomic E-state index is 12.4. The molecule has 0 unspecified atom stereocenters. The lowest BCUT2D eigenvalue weighted by Gasteiger charge is -2.31. The molecule has 0 saturated carbocycles. The lowest BCUT2D eigenvalue weighted by molar-refractivity contribution is -0.895. The van der Waals surface area contributed by atoms with Crippen molar-refractivity contribution in [3.8, 4) is 5.75 Å². The molecule has 1 N–H and O–H groups in total. The molecule has 1 aromatic heterocycles.